The molecule has 0 aromatic carbocycles. The van der Waals surface area contributed by atoms with Gasteiger partial charge in [-0.3, -0.25) is 0 Å². The lowest BCUT2D eigenvalue weighted by Crippen LogP contribution is -2.02. The fraction of sp³-hybridized carbons (Fsp3) is 0.400. The van der Waals surface area contributed by atoms with Gasteiger partial charge < -0.3 is 0 Å². The Morgan fingerprint density at radius 3 is 3.14 bits per heavy atom. The summed E-state index contributed by atoms with van der Waals surface area (Å²) >= 11 is 5.35. The molecule has 2 heterocycles. The Balaban J connectivity index is 2.36. The number of hydrogen-bond acceptors (Lipinski definition) is 3. The molecule has 2 rings (SSSR count). The van der Waals surface area contributed by atoms with Crippen LogP contribution in [0, 0.1) is 0 Å². The van der Waals surface area contributed by atoms with E-state index < -0.39 is 0 Å². The minimum atomic E-state index is 0.516. The zero-order valence-electron chi connectivity index (χ0n) is 7.90. The van der Waals surface area contributed by atoms with Gasteiger partial charge in [-0.1, -0.05) is 22.9 Å². The molecule has 0 amide bonds. The van der Waals surface area contributed by atoms with Crippen molar-refractivity contribution < 1.29 is 0 Å². The lowest BCUT2D eigenvalue weighted by molar-refractivity contribution is 0.813. The first-order chi connectivity index (χ1) is 6.81. The molecule has 1 atom stereocenters. The Bertz CT molecular complexity index is 427. The summed E-state index contributed by atoms with van der Waals surface area (Å²) in [4.78, 5) is 9.07. The smallest absolute Gasteiger partial charge is 0.116 e. The summed E-state index contributed by atoms with van der Waals surface area (Å²) in [5, 5.41) is 2.07. The van der Waals surface area contributed by atoms with Gasteiger partial charge in [0.2, 0.25) is 0 Å². The normalized spacial score (nSPS) is 13.3. The first-order valence-electron chi connectivity index (χ1n) is 4.62. The number of hydrogen-bond donors (Lipinski definition) is 0. The van der Waals surface area contributed by atoms with Crippen LogP contribution >= 0.6 is 27.3 Å². The summed E-state index contributed by atoms with van der Waals surface area (Å²) in [5.74, 6) is 0. The van der Waals surface area contributed by atoms with Crippen LogP contribution in [0.1, 0.15) is 19.0 Å². The van der Waals surface area contributed by atoms with Crippen LogP contribution < -0.4 is 0 Å². The Morgan fingerprint density at radius 1 is 1.50 bits per heavy atom. The number of rotatable bonds is 3. The van der Waals surface area contributed by atoms with Gasteiger partial charge in [0.25, 0.3) is 0 Å². The van der Waals surface area contributed by atoms with E-state index in [1.807, 2.05) is 6.07 Å². The summed E-state index contributed by atoms with van der Waals surface area (Å²) in [6.07, 6.45) is 3.76. The van der Waals surface area contributed by atoms with Crippen molar-refractivity contribution >= 4 is 37.5 Å². The van der Waals surface area contributed by atoms with E-state index in [-0.39, 0.29) is 0 Å². The molecule has 2 aromatic heterocycles. The molecule has 0 aliphatic heterocycles. The molecule has 0 aliphatic carbocycles. The average Bonchev–Trinajstić information content (AvgIpc) is 2.66. The minimum absolute atomic E-state index is 0.516. The second-order valence-electron chi connectivity index (χ2n) is 3.16. The van der Waals surface area contributed by atoms with Gasteiger partial charge in [-0.2, -0.15) is 0 Å². The van der Waals surface area contributed by atoms with E-state index in [0.717, 1.165) is 24.1 Å². The molecule has 0 radical (unpaired) electrons. The van der Waals surface area contributed by atoms with Crippen molar-refractivity contribution in [1.82, 2.24) is 9.97 Å². The Hall–Kier alpha value is -0.480. The maximum absolute atomic E-state index is 4.34. The maximum atomic E-state index is 4.34. The average molecular weight is 271 g/mol. The van der Waals surface area contributed by atoms with E-state index in [0.29, 0.717) is 4.83 Å². The molecule has 0 bridgehead atoms. The lowest BCUT2D eigenvalue weighted by atomic mass is 10.2. The van der Waals surface area contributed by atoms with Crippen LogP contribution in [-0.4, -0.2) is 14.8 Å². The van der Waals surface area contributed by atoms with Crippen molar-refractivity contribution in [3.8, 4) is 0 Å². The van der Waals surface area contributed by atoms with Gasteiger partial charge in [-0.15, -0.1) is 11.3 Å². The Kier molecular flexibility index (Phi) is 3.13. The highest BCUT2D eigenvalue weighted by molar-refractivity contribution is 9.09. The van der Waals surface area contributed by atoms with Gasteiger partial charge in [-0.05, 0) is 17.9 Å². The van der Waals surface area contributed by atoms with Crippen molar-refractivity contribution in [3.63, 3.8) is 0 Å². The Labute approximate surface area is 95.5 Å². The molecule has 0 aliphatic rings. The molecule has 2 aromatic rings. The molecule has 1 unspecified atom stereocenters. The second kappa shape index (κ2) is 4.36. The minimum Gasteiger partial charge on any atom is -0.240 e. The van der Waals surface area contributed by atoms with Crippen LogP contribution in [0.15, 0.2) is 17.8 Å². The fourth-order valence-corrected chi connectivity index (χ4v) is 2.49. The van der Waals surface area contributed by atoms with Gasteiger partial charge >= 0.3 is 0 Å². The SMILES string of the molecule is CCC(Br)Cc1ncnc2ccsc12. The number of nitrogens with zero attached hydrogens (tertiary/aromatic N) is 2. The van der Waals surface area contributed by atoms with Crippen molar-refractivity contribution in [2.75, 3.05) is 0 Å². The van der Waals surface area contributed by atoms with Crippen LogP contribution in [0.2, 0.25) is 0 Å². The third-order valence-corrected chi connectivity index (χ3v) is 4.10. The summed E-state index contributed by atoms with van der Waals surface area (Å²) in [6, 6.07) is 2.04. The van der Waals surface area contributed by atoms with Gasteiger partial charge in [0, 0.05) is 11.2 Å². The molecular formula is C10H11BrN2S. The first-order valence-corrected chi connectivity index (χ1v) is 6.42. The predicted octanol–water partition coefficient (Wildman–Crippen LogP) is 3.41. The molecule has 0 N–H and O–H groups in total. The largest absolute Gasteiger partial charge is 0.240 e. The topological polar surface area (TPSA) is 25.8 Å². The van der Waals surface area contributed by atoms with E-state index in [2.05, 4.69) is 38.2 Å². The zero-order valence-corrected chi connectivity index (χ0v) is 10.3. The van der Waals surface area contributed by atoms with Gasteiger partial charge in [0.15, 0.2) is 0 Å². The highest BCUT2D eigenvalue weighted by Gasteiger charge is 2.08. The van der Waals surface area contributed by atoms with Gasteiger partial charge in [0.05, 0.1) is 15.9 Å². The van der Waals surface area contributed by atoms with E-state index in [4.69, 9.17) is 0 Å². The fourth-order valence-electron chi connectivity index (χ4n) is 1.34. The zero-order chi connectivity index (χ0) is 9.97. The molecule has 0 saturated heterocycles. The molecule has 0 fully saturated rings. The number of alkyl halides is 1. The van der Waals surface area contributed by atoms with Crippen LogP contribution in [0.3, 0.4) is 0 Å². The number of halogens is 1. The van der Waals surface area contributed by atoms with Crippen LogP contribution in [0.4, 0.5) is 0 Å². The molecule has 14 heavy (non-hydrogen) atoms. The molecule has 0 spiro atoms. The maximum Gasteiger partial charge on any atom is 0.116 e. The molecule has 2 nitrogen and oxygen atoms in total. The molecule has 74 valence electrons. The summed E-state index contributed by atoms with van der Waals surface area (Å²) in [5.41, 5.74) is 2.23. The molecule has 0 saturated carbocycles. The van der Waals surface area contributed by atoms with E-state index in [9.17, 15) is 0 Å². The van der Waals surface area contributed by atoms with Crippen molar-refractivity contribution in [2.24, 2.45) is 0 Å². The van der Waals surface area contributed by atoms with Crippen molar-refractivity contribution in [1.29, 1.82) is 0 Å². The van der Waals surface area contributed by atoms with Crippen molar-refractivity contribution in [2.45, 2.75) is 24.6 Å². The lowest BCUT2D eigenvalue weighted by Gasteiger charge is -2.05. The van der Waals surface area contributed by atoms with Gasteiger partial charge in [-0.25, -0.2) is 9.97 Å². The van der Waals surface area contributed by atoms with E-state index >= 15 is 0 Å². The standard InChI is InChI=1S/C10H11BrN2S/c1-2-7(11)5-9-10-8(3-4-14-10)12-6-13-9/h3-4,6-7H,2,5H2,1H3. The quantitative estimate of drug-likeness (QED) is 0.799. The van der Waals surface area contributed by atoms with Crippen LogP contribution in [0.5, 0.6) is 0 Å². The summed E-state index contributed by atoms with van der Waals surface area (Å²) in [7, 11) is 0. The monoisotopic (exact) mass is 270 g/mol. The highest BCUT2D eigenvalue weighted by Crippen LogP contribution is 2.23. The van der Waals surface area contributed by atoms with Crippen LogP contribution in [0.25, 0.3) is 10.2 Å². The van der Waals surface area contributed by atoms with Gasteiger partial charge in [0.1, 0.15) is 6.33 Å². The molecule has 4 heteroatoms. The third-order valence-electron chi connectivity index (χ3n) is 2.17. The van der Waals surface area contributed by atoms with E-state index in [1.165, 1.54) is 4.70 Å². The highest BCUT2D eigenvalue weighted by atomic mass is 79.9. The predicted molar refractivity (Wildman–Crippen MR) is 64.1 cm³/mol. The number of fused-ring (bicyclic) bond motifs is 1. The third kappa shape index (κ3) is 1.96. The molecular weight excluding hydrogens is 260 g/mol. The summed E-state index contributed by atoms with van der Waals surface area (Å²) in [6.45, 7) is 2.17. The van der Waals surface area contributed by atoms with Crippen LogP contribution in [-0.2, 0) is 6.42 Å². The Morgan fingerprint density at radius 2 is 2.36 bits per heavy atom. The summed E-state index contributed by atoms with van der Waals surface area (Å²) < 4.78 is 1.23. The number of aromatic nitrogens is 2. The second-order valence-corrected chi connectivity index (χ2v) is 5.38. The van der Waals surface area contributed by atoms with Crippen molar-refractivity contribution in [3.05, 3.63) is 23.5 Å². The first kappa shape index (κ1) is 10.1. The van der Waals surface area contributed by atoms with E-state index in [1.54, 1.807) is 17.7 Å². The number of thiophene rings is 1.